The lowest BCUT2D eigenvalue weighted by Crippen LogP contribution is -2.28. The highest BCUT2D eigenvalue weighted by molar-refractivity contribution is 9.10. The molecule has 2 aromatic rings. The first-order chi connectivity index (χ1) is 10.0. The van der Waals surface area contributed by atoms with Crippen molar-refractivity contribution in [3.8, 4) is 0 Å². The largest absolute Gasteiger partial charge is 0.334 e. The molecule has 1 aromatic carbocycles. The van der Waals surface area contributed by atoms with Crippen LogP contribution in [0.2, 0.25) is 0 Å². The van der Waals surface area contributed by atoms with Crippen LogP contribution in [0.25, 0.3) is 0 Å². The Morgan fingerprint density at radius 2 is 2.05 bits per heavy atom. The van der Waals surface area contributed by atoms with Crippen LogP contribution in [0.15, 0.2) is 28.7 Å². The SMILES string of the molecule is CCn1nc(C)c(CNC(=O)Nc2ccccc2Br)c1C. The van der Waals surface area contributed by atoms with Gasteiger partial charge < -0.3 is 10.6 Å². The Balaban J connectivity index is 1.99. The monoisotopic (exact) mass is 350 g/mol. The summed E-state index contributed by atoms with van der Waals surface area (Å²) in [6.07, 6.45) is 0. The lowest BCUT2D eigenvalue weighted by Gasteiger charge is -2.09. The van der Waals surface area contributed by atoms with E-state index in [0.717, 1.165) is 33.7 Å². The predicted molar refractivity (Wildman–Crippen MR) is 87.4 cm³/mol. The number of carbonyl (C=O) groups excluding carboxylic acids is 1. The number of nitrogens with zero attached hydrogens (tertiary/aromatic N) is 2. The standard InChI is InChI=1S/C15H19BrN4O/c1-4-20-11(3)12(10(2)19-20)9-17-15(21)18-14-8-6-5-7-13(14)16/h5-8H,4,9H2,1-3H3,(H2,17,18,21). The number of aryl methyl sites for hydroxylation is 2. The lowest BCUT2D eigenvalue weighted by molar-refractivity contribution is 0.251. The van der Waals surface area contributed by atoms with Crippen molar-refractivity contribution in [1.82, 2.24) is 15.1 Å². The molecule has 0 radical (unpaired) electrons. The van der Waals surface area contributed by atoms with Gasteiger partial charge in [0.05, 0.1) is 11.4 Å². The predicted octanol–water partition coefficient (Wildman–Crippen LogP) is 3.60. The molecule has 0 saturated heterocycles. The number of hydrogen-bond acceptors (Lipinski definition) is 2. The number of benzene rings is 1. The minimum Gasteiger partial charge on any atom is -0.334 e. The summed E-state index contributed by atoms with van der Waals surface area (Å²) in [7, 11) is 0. The Morgan fingerprint density at radius 3 is 2.67 bits per heavy atom. The molecule has 1 heterocycles. The van der Waals surface area contributed by atoms with Crippen molar-refractivity contribution in [2.24, 2.45) is 0 Å². The molecule has 5 nitrogen and oxygen atoms in total. The molecule has 21 heavy (non-hydrogen) atoms. The van der Waals surface area contributed by atoms with Gasteiger partial charge in [0.25, 0.3) is 0 Å². The number of rotatable bonds is 4. The topological polar surface area (TPSA) is 59.0 Å². The molecule has 0 spiro atoms. The smallest absolute Gasteiger partial charge is 0.319 e. The number of hydrogen-bond donors (Lipinski definition) is 2. The quantitative estimate of drug-likeness (QED) is 0.884. The molecule has 112 valence electrons. The van der Waals surface area contributed by atoms with Crippen LogP contribution in [0.1, 0.15) is 23.9 Å². The van der Waals surface area contributed by atoms with Gasteiger partial charge in [0.1, 0.15) is 0 Å². The number of aromatic nitrogens is 2. The maximum absolute atomic E-state index is 12.0. The number of nitrogens with one attached hydrogen (secondary N) is 2. The Morgan fingerprint density at radius 1 is 1.33 bits per heavy atom. The fourth-order valence-electron chi connectivity index (χ4n) is 2.20. The normalized spacial score (nSPS) is 10.5. The Labute approximate surface area is 132 Å². The summed E-state index contributed by atoms with van der Waals surface area (Å²) < 4.78 is 2.80. The van der Waals surface area contributed by atoms with E-state index in [1.54, 1.807) is 0 Å². The van der Waals surface area contributed by atoms with E-state index in [1.807, 2.05) is 42.8 Å². The average Bonchev–Trinajstić information content (AvgIpc) is 2.74. The maximum Gasteiger partial charge on any atom is 0.319 e. The molecule has 0 aliphatic heterocycles. The van der Waals surface area contributed by atoms with E-state index >= 15 is 0 Å². The third-order valence-corrected chi connectivity index (χ3v) is 4.07. The van der Waals surface area contributed by atoms with Gasteiger partial charge in [-0.15, -0.1) is 0 Å². The molecule has 2 N–H and O–H groups in total. The van der Waals surface area contributed by atoms with Crippen molar-refractivity contribution in [3.05, 3.63) is 45.7 Å². The van der Waals surface area contributed by atoms with Gasteiger partial charge in [0, 0.05) is 28.8 Å². The van der Waals surface area contributed by atoms with Crippen LogP contribution < -0.4 is 10.6 Å². The van der Waals surface area contributed by atoms with Crippen molar-refractivity contribution in [3.63, 3.8) is 0 Å². The van der Waals surface area contributed by atoms with E-state index in [-0.39, 0.29) is 6.03 Å². The molecule has 0 unspecified atom stereocenters. The van der Waals surface area contributed by atoms with Gasteiger partial charge in [0.15, 0.2) is 0 Å². The average molecular weight is 351 g/mol. The molecule has 2 amide bonds. The summed E-state index contributed by atoms with van der Waals surface area (Å²) in [4.78, 5) is 12.0. The molecule has 0 bridgehead atoms. The molecule has 0 saturated carbocycles. The van der Waals surface area contributed by atoms with Gasteiger partial charge in [-0.05, 0) is 48.8 Å². The zero-order chi connectivity index (χ0) is 15.4. The summed E-state index contributed by atoms with van der Waals surface area (Å²) in [6, 6.07) is 7.27. The minimum absolute atomic E-state index is 0.232. The van der Waals surface area contributed by atoms with Crippen LogP contribution in [0, 0.1) is 13.8 Å². The Kier molecular flexibility index (Phi) is 5.01. The number of carbonyl (C=O) groups is 1. The first kappa shape index (κ1) is 15.6. The highest BCUT2D eigenvalue weighted by Gasteiger charge is 2.12. The second-order valence-electron chi connectivity index (χ2n) is 4.75. The molecule has 0 aliphatic carbocycles. The summed E-state index contributed by atoms with van der Waals surface area (Å²) in [5.41, 5.74) is 3.86. The van der Waals surface area contributed by atoms with Gasteiger partial charge in [-0.2, -0.15) is 5.10 Å². The summed E-state index contributed by atoms with van der Waals surface area (Å²) in [5.74, 6) is 0. The number of urea groups is 1. The zero-order valence-corrected chi connectivity index (χ0v) is 14.0. The molecule has 0 atom stereocenters. The number of anilines is 1. The van der Waals surface area contributed by atoms with Crippen LogP contribution in [-0.4, -0.2) is 15.8 Å². The van der Waals surface area contributed by atoms with E-state index < -0.39 is 0 Å². The maximum atomic E-state index is 12.0. The molecule has 0 fully saturated rings. The van der Waals surface area contributed by atoms with E-state index in [1.165, 1.54) is 0 Å². The Hall–Kier alpha value is -1.82. The summed E-state index contributed by atoms with van der Waals surface area (Å²) in [6.45, 7) is 7.33. The van der Waals surface area contributed by atoms with Crippen LogP contribution in [0.5, 0.6) is 0 Å². The van der Waals surface area contributed by atoms with E-state index in [2.05, 4.69) is 38.6 Å². The molecule has 1 aromatic heterocycles. The highest BCUT2D eigenvalue weighted by atomic mass is 79.9. The van der Waals surface area contributed by atoms with Gasteiger partial charge >= 0.3 is 6.03 Å². The number of halogens is 1. The molecular weight excluding hydrogens is 332 g/mol. The van der Waals surface area contributed by atoms with Gasteiger partial charge in [-0.25, -0.2) is 4.79 Å². The second kappa shape index (κ2) is 6.76. The van der Waals surface area contributed by atoms with Gasteiger partial charge in [-0.1, -0.05) is 12.1 Å². The number of para-hydroxylation sites is 1. The minimum atomic E-state index is -0.232. The van der Waals surface area contributed by atoms with Crippen molar-refractivity contribution >= 4 is 27.6 Å². The van der Waals surface area contributed by atoms with Crippen molar-refractivity contribution < 1.29 is 4.79 Å². The van der Waals surface area contributed by atoms with E-state index in [9.17, 15) is 4.79 Å². The second-order valence-corrected chi connectivity index (χ2v) is 5.61. The molecule has 0 aliphatic rings. The number of amides is 2. The molecule has 6 heteroatoms. The summed E-state index contributed by atoms with van der Waals surface area (Å²) in [5, 5.41) is 10.1. The van der Waals surface area contributed by atoms with Crippen LogP contribution in [0.3, 0.4) is 0 Å². The summed E-state index contributed by atoms with van der Waals surface area (Å²) >= 11 is 3.40. The van der Waals surface area contributed by atoms with Crippen molar-refractivity contribution in [2.75, 3.05) is 5.32 Å². The fraction of sp³-hybridized carbons (Fsp3) is 0.333. The van der Waals surface area contributed by atoms with E-state index in [4.69, 9.17) is 0 Å². The first-order valence-corrected chi connectivity index (χ1v) is 7.64. The highest BCUT2D eigenvalue weighted by Crippen LogP contribution is 2.21. The Bertz CT molecular complexity index is 651. The van der Waals surface area contributed by atoms with Crippen molar-refractivity contribution in [1.29, 1.82) is 0 Å². The zero-order valence-electron chi connectivity index (χ0n) is 12.4. The van der Waals surface area contributed by atoms with Crippen LogP contribution >= 0.6 is 15.9 Å². The van der Waals surface area contributed by atoms with Gasteiger partial charge in [0.2, 0.25) is 0 Å². The third kappa shape index (κ3) is 3.64. The first-order valence-electron chi connectivity index (χ1n) is 6.85. The molecular formula is C15H19BrN4O. The van der Waals surface area contributed by atoms with Gasteiger partial charge in [-0.3, -0.25) is 4.68 Å². The molecule has 2 rings (SSSR count). The fourth-order valence-corrected chi connectivity index (χ4v) is 2.58. The third-order valence-electron chi connectivity index (χ3n) is 3.38. The lowest BCUT2D eigenvalue weighted by atomic mass is 10.2. The van der Waals surface area contributed by atoms with Crippen molar-refractivity contribution in [2.45, 2.75) is 33.9 Å². The van der Waals surface area contributed by atoms with Crippen LogP contribution in [-0.2, 0) is 13.1 Å². The van der Waals surface area contributed by atoms with Crippen LogP contribution in [0.4, 0.5) is 10.5 Å². The van der Waals surface area contributed by atoms with E-state index in [0.29, 0.717) is 6.54 Å².